The zero-order valence-electron chi connectivity index (χ0n) is 21.7. The highest BCUT2D eigenvalue weighted by molar-refractivity contribution is 6.12. The summed E-state index contributed by atoms with van der Waals surface area (Å²) in [5.74, 6) is 0.963. The molecule has 7 nitrogen and oxygen atoms in total. The number of hydrazine groups is 1. The van der Waals surface area contributed by atoms with E-state index in [1.807, 2.05) is 18.2 Å². The number of carbonyl (C=O) groups is 2. The molecule has 4 aliphatic rings. The first-order valence-corrected chi connectivity index (χ1v) is 13.5. The van der Waals surface area contributed by atoms with Gasteiger partial charge in [0.2, 0.25) is 11.8 Å². The Kier molecular flexibility index (Phi) is 6.18. The molecule has 2 aliphatic carbocycles. The van der Waals surface area contributed by atoms with Gasteiger partial charge in [0.25, 0.3) is 0 Å². The van der Waals surface area contributed by atoms with Crippen LogP contribution >= 0.6 is 0 Å². The molecule has 0 radical (unpaired) electrons. The molecule has 4 N–H and O–H groups in total. The lowest BCUT2D eigenvalue weighted by Crippen LogP contribution is -2.41. The quantitative estimate of drug-likeness (QED) is 0.545. The van der Waals surface area contributed by atoms with Gasteiger partial charge in [-0.3, -0.25) is 20.4 Å². The van der Waals surface area contributed by atoms with Crippen molar-refractivity contribution in [3.8, 4) is 0 Å². The number of amides is 2. The molecular weight excluding hydrogens is 462 g/mol. The topological polar surface area (TPSA) is 90.7 Å². The first-order chi connectivity index (χ1) is 17.9. The van der Waals surface area contributed by atoms with Crippen molar-refractivity contribution in [3.05, 3.63) is 71.3 Å². The van der Waals surface area contributed by atoms with E-state index in [1.54, 1.807) is 4.90 Å². The smallest absolute Gasteiger partial charge is 0.238 e. The lowest BCUT2D eigenvalue weighted by molar-refractivity contribution is -0.123. The summed E-state index contributed by atoms with van der Waals surface area (Å²) in [5.41, 5.74) is 16.6. The van der Waals surface area contributed by atoms with Gasteiger partial charge in [0, 0.05) is 24.3 Å². The van der Waals surface area contributed by atoms with Crippen LogP contribution in [0, 0.1) is 17.8 Å². The molecule has 2 aromatic rings. The normalized spacial score (nSPS) is 32.4. The lowest BCUT2D eigenvalue weighted by atomic mass is 9.73. The molecule has 2 heterocycles. The van der Waals surface area contributed by atoms with Crippen LogP contribution in [0.5, 0.6) is 0 Å². The van der Waals surface area contributed by atoms with E-state index in [0.717, 1.165) is 43.5 Å². The molecule has 37 heavy (non-hydrogen) atoms. The third kappa shape index (κ3) is 4.29. The SMILES string of the molecule is CN(C)Cc1cccc(/C=C/C2NNC3CC(C4C[C@@]45C(=O)N(CC(N)=O)c4ccccc45)CCC23)c1. The number of primary amides is 1. The summed E-state index contributed by atoms with van der Waals surface area (Å²) in [4.78, 5) is 29.1. The Labute approximate surface area is 219 Å². The van der Waals surface area contributed by atoms with E-state index in [9.17, 15) is 9.59 Å². The van der Waals surface area contributed by atoms with Gasteiger partial charge in [0.05, 0.1) is 5.41 Å². The Balaban J connectivity index is 1.12. The van der Waals surface area contributed by atoms with Gasteiger partial charge in [0.15, 0.2) is 0 Å². The third-order valence-corrected chi connectivity index (χ3v) is 8.99. The number of nitrogens with one attached hydrogen (secondary N) is 2. The maximum atomic E-state index is 13.6. The van der Waals surface area contributed by atoms with Gasteiger partial charge in [-0.05, 0) is 80.3 Å². The van der Waals surface area contributed by atoms with Crippen molar-refractivity contribution in [2.24, 2.45) is 23.5 Å². The average Bonchev–Trinajstić information content (AvgIpc) is 3.44. The van der Waals surface area contributed by atoms with Gasteiger partial charge in [-0.1, -0.05) is 54.6 Å². The van der Waals surface area contributed by atoms with Crippen LogP contribution in [-0.2, 0) is 21.5 Å². The summed E-state index contributed by atoms with van der Waals surface area (Å²) in [6.07, 6.45) is 8.76. The molecule has 1 saturated heterocycles. The van der Waals surface area contributed by atoms with Crippen molar-refractivity contribution in [1.82, 2.24) is 15.8 Å². The molecule has 2 saturated carbocycles. The van der Waals surface area contributed by atoms with Crippen LogP contribution in [0.15, 0.2) is 54.6 Å². The minimum atomic E-state index is -0.470. The highest BCUT2D eigenvalue weighted by atomic mass is 16.2. The molecule has 5 unspecified atom stereocenters. The number of benzene rings is 2. The fourth-order valence-electron chi connectivity index (χ4n) is 7.34. The number of fused-ring (bicyclic) bond motifs is 3. The zero-order chi connectivity index (χ0) is 25.7. The molecule has 2 aromatic carbocycles. The maximum Gasteiger partial charge on any atom is 0.238 e. The molecule has 3 fully saturated rings. The summed E-state index contributed by atoms with van der Waals surface area (Å²) in [6, 6.07) is 17.4. The second-order valence-corrected chi connectivity index (χ2v) is 11.7. The molecule has 1 spiro atoms. The summed E-state index contributed by atoms with van der Waals surface area (Å²) >= 11 is 0. The molecule has 6 rings (SSSR count). The number of carbonyl (C=O) groups excluding carboxylic acids is 2. The van der Waals surface area contributed by atoms with Crippen LogP contribution in [0.4, 0.5) is 5.69 Å². The van der Waals surface area contributed by atoms with Crippen LogP contribution in [0.2, 0.25) is 0 Å². The predicted octanol–water partition coefficient (Wildman–Crippen LogP) is 2.81. The largest absolute Gasteiger partial charge is 0.368 e. The zero-order valence-corrected chi connectivity index (χ0v) is 21.7. The predicted molar refractivity (Wildman–Crippen MR) is 145 cm³/mol. The van der Waals surface area contributed by atoms with Gasteiger partial charge >= 0.3 is 0 Å². The number of hydrogen-bond acceptors (Lipinski definition) is 5. The van der Waals surface area contributed by atoms with E-state index >= 15 is 0 Å². The number of rotatable bonds is 7. The van der Waals surface area contributed by atoms with Crippen LogP contribution in [0.25, 0.3) is 6.08 Å². The van der Waals surface area contributed by atoms with E-state index in [2.05, 4.69) is 72.3 Å². The van der Waals surface area contributed by atoms with E-state index in [-0.39, 0.29) is 12.5 Å². The fourth-order valence-corrected chi connectivity index (χ4v) is 7.34. The first-order valence-electron chi connectivity index (χ1n) is 13.5. The molecule has 2 amide bonds. The monoisotopic (exact) mass is 499 g/mol. The molecule has 7 heteroatoms. The van der Waals surface area contributed by atoms with Crippen molar-refractivity contribution >= 4 is 23.6 Å². The van der Waals surface area contributed by atoms with Gasteiger partial charge in [-0.2, -0.15) is 0 Å². The average molecular weight is 500 g/mol. The standard InChI is InChI=1S/C30H37N5O2/c1-34(2)17-20-7-5-6-19(14-20)10-13-25-22-12-11-21(15-26(22)33-32-25)24-16-30(24)23-8-3-4-9-27(23)35(29(30)37)18-28(31)36/h3-10,13-14,21-22,24-26,32-33H,11-12,15-18H2,1-2H3,(H2,31,36)/b13-10+/t21?,22?,24?,25?,26?,30-/m0/s1. The minimum Gasteiger partial charge on any atom is -0.368 e. The van der Waals surface area contributed by atoms with Crippen LogP contribution < -0.4 is 21.5 Å². The van der Waals surface area contributed by atoms with Crippen molar-refractivity contribution in [2.75, 3.05) is 25.5 Å². The van der Waals surface area contributed by atoms with Gasteiger partial charge in [-0.25, -0.2) is 0 Å². The minimum absolute atomic E-state index is 0.0444. The third-order valence-electron chi connectivity index (χ3n) is 8.99. The van der Waals surface area contributed by atoms with Gasteiger partial charge in [-0.15, -0.1) is 0 Å². The number of para-hydroxylation sites is 1. The molecular formula is C30H37N5O2. The Morgan fingerprint density at radius 2 is 2.00 bits per heavy atom. The second-order valence-electron chi connectivity index (χ2n) is 11.7. The lowest BCUT2D eigenvalue weighted by Gasteiger charge is -2.33. The first kappa shape index (κ1) is 24.3. The Hall–Kier alpha value is -3.00. The molecule has 0 bridgehead atoms. The Morgan fingerprint density at radius 1 is 1.16 bits per heavy atom. The number of hydrogen-bond donors (Lipinski definition) is 3. The van der Waals surface area contributed by atoms with Gasteiger partial charge in [0.1, 0.15) is 6.54 Å². The maximum absolute atomic E-state index is 13.6. The molecule has 194 valence electrons. The summed E-state index contributed by atoms with van der Waals surface area (Å²) in [5, 5.41) is 0. The van der Waals surface area contributed by atoms with Crippen molar-refractivity contribution in [2.45, 2.75) is 49.7 Å². The summed E-state index contributed by atoms with van der Waals surface area (Å²) in [7, 11) is 4.18. The van der Waals surface area contributed by atoms with Crippen LogP contribution in [0.3, 0.4) is 0 Å². The Bertz CT molecular complexity index is 1240. The van der Waals surface area contributed by atoms with Crippen molar-refractivity contribution in [1.29, 1.82) is 0 Å². The number of nitrogens with two attached hydrogens (primary N) is 1. The summed E-state index contributed by atoms with van der Waals surface area (Å²) < 4.78 is 0. The van der Waals surface area contributed by atoms with Crippen molar-refractivity contribution in [3.63, 3.8) is 0 Å². The number of anilines is 1. The van der Waals surface area contributed by atoms with Gasteiger partial charge < -0.3 is 15.5 Å². The fraction of sp³-hybridized carbons (Fsp3) is 0.467. The number of nitrogens with zero attached hydrogens (tertiary/aromatic N) is 2. The van der Waals surface area contributed by atoms with E-state index < -0.39 is 11.3 Å². The molecule has 2 aliphatic heterocycles. The summed E-state index contributed by atoms with van der Waals surface area (Å²) in [6.45, 7) is 0.893. The highest BCUT2D eigenvalue weighted by Crippen LogP contribution is 2.66. The van der Waals surface area contributed by atoms with Crippen molar-refractivity contribution < 1.29 is 9.59 Å². The van der Waals surface area contributed by atoms with Crippen LogP contribution in [0.1, 0.15) is 42.4 Å². The molecule has 0 aromatic heterocycles. The Morgan fingerprint density at radius 3 is 2.81 bits per heavy atom. The van der Waals surface area contributed by atoms with E-state index in [0.29, 0.717) is 29.8 Å². The highest BCUT2D eigenvalue weighted by Gasteiger charge is 2.68. The van der Waals surface area contributed by atoms with E-state index in [4.69, 9.17) is 5.73 Å². The second kappa shape index (κ2) is 9.39. The van der Waals surface area contributed by atoms with Crippen LogP contribution in [-0.4, -0.2) is 49.4 Å². The molecule has 6 atom stereocenters. The van der Waals surface area contributed by atoms with E-state index in [1.165, 1.54) is 11.1 Å².